The Morgan fingerprint density at radius 3 is 2.94 bits per heavy atom. The van der Waals surface area contributed by atoms with Crippen LogP contribution in [0.2, 0.25) is 5.02 Å². The second-order valence-electron chi connectivity index (χ2n) is 2.97. The van der Waals surface area contributed by atoms with Gasteiger partial charge in [0.15, 0.2) is 0 Å². The van der Waals surface area contributed by atoms with Gasteiger partial charge in [0.1, 0.15) is 5.82 Å². The number of nitrogens with two attached hydrogens (primary N) is 1. The van der Waals surface area contributed by atoms with Gasteiger partial charge in [-0.1, -0.05) is 29.8 Å². The van der Waals surface area contributed by atoms with Gasteiger partial charge in [0.2, 0.25) is 5.13 Å². The van der Waals surface area contributed by atoms with Crippen molar-refractivity contribution in [3.63, 3.8) is 0 Å². The van der Waals surface area contributed by atoms with Crippen LogP contribution in [-0.4, -0.2) is 11.2 Å². The third kappa shape index (κ3) is 2.71. The van der Waals surface area contributed by atoms with E-state index in [1.54, 1.807) is 11.6 Å². The molecule has 0 atom stereocenters. The molecular weight excluding hydrogens is 244 g/mol. The Morgan fingerprint density at radius 1 is 1.44 bits per heavy atom. The Balaban J connectivity index is 2.03. The van der Waals surface area contributed by atoms with Crippen molar-refractivity contribution in [1.29, 1.82) is 0 Å². The average Bonchev–Trinajstić information content (AvgIpc) is 2.67. The summed E-state index contributed by atoms with van der Waals surface area (Å²) in [5.41, 5.74) is 9.10. The van der Waals surface area contributed by atoms with Crippen LogP contribution in [0.5, 0.6) is 0 Å². The smallest absolute Gasteiger partial charge is 0.205 e. The fourth-order valence-corrected chi connectivity index (χ4v) is 1.81. The molecule has 3 N–H and O–H groups in total. The Labute approximate surface area is 102 Å². The monoisotopic (exact) mass is 252 g/mol. The van der Waals surface area contributed by atoms with E-state index in [1.807, 2.05) is 24.3 Å². The van der Waals surface area contributed by atoms with Crippen LogP contribution in [-0.2, 0) is 0 Å². The number of halogens is 1. The van der Waals surface area contributed by atoms with Gasteiger partial charge in [-0.05, 0) is 6.07 Å². The Morgan fingerprint density at radius 2 is 2.25 bits per heavy atom. The van der Waals surface area contributed by atoms with Crippen molar-refractivity contribution in [3.8, 4) is 0 Å². The number of nitrogens with zero attached hydrogens (tertiary/aromatic N) is 2. The van der Waals surface area contributed by atoms with Gasteiger partial charge in [-0.15, -0.1) is 11.3 Å². The van der Waals surface area contributed by atoms with Gasteiger partial charge in [-0.3, -0.25) is 5.43 Å². The second kappa shape index (κ2) is 4.96. The van der Waals surface area contributed by atoms with E-state index in [4.69, 9.17) is 17.3 Å². The van der Waals surface area contributed by atoms with Crippen LogP contribution in [0, 0.1) is 0 Å². The highest BCUT2D eigenvalue weighted by atomic mass is 35.5. The van der Waals surface area contributed by atoms with Crippen molar-refractivity contribution in [2.24, 2.45) is 5.10 Å². The topological polar surface area (TPSA) is 63.3 Å². The SMILES string of the molecule is Nc1csc(NN=Cc2ccccc2Cl)n1. The highest BCUT2D eigenvalue weighted by Gasteiger charge is 1.96. The maximum atomic E-state index is 5.96. The molecular formula is C10H9ClN4S. The molecule has 0 saturated carbocycles. The fraction of sp³-hybridized carbons (Fsp3) is 0. The number of thiazole rings is 1. The number of aromatic nitrogens is 1. The molecule has 0 spiro atoms. The third-order valence-corrected chi connectivity index (χ3v) is 2.90. The van der Waals surface area contributed by atoms with E-state index in [9.17, 15) is 0 Å². The van der Waals surface area contributed by atoms with Gasteiger partial charge in [-0.25, -0.2) is 4.98 Å². The number of rotatable bonds is 3. The van der Waals surface area contributed by atoms with Crippen molar-refractivity contribution >= 4 is 40.1 Å². The zero-order valence-electron chi connectivity index (χ0n) is 8.22. The fourth-order valence-electron chi connectivity index (χ4n) is 1.07. The van der Waals surface area contributed by atoms with Crippen LogP contribution < -0.4 is 11.2 Å². The highest BCUT2D eigenvalue weighted by Crippen LogP contribution is 2.16. The van der Waals surface area contributed by atoms with E-state index in [0.717, 1.165) is 5.56 Å². The molecule has 2 aromatic rings. The first-order chi connectivity index (χ1) is 7.75. The van der Waals surface area contributed by atoms with E-state index in [-0.39, 0.29) is 0 Å². The molecule has 0 bridgehead atoms. The van der Waals surface area contributed by atoms with Crippen LogP contribution in [0.3, 0.4) is 0 Å². The molecule has 0 radical (unpaired) electrons. The minimum absolute atomic E-state index is 0.487. The van der Waals surface area contributed by atoms with Crippen molar-refractivity contribution < 1.29 is 0 Å². The van der Waals surface area contributed by atoms with Crippen molar-refractivity contribution in [1.82, 2.24) is 4.98 Å². The van der Waals surface area contributed by atoms with Gasteiger partial charge in [0.25, 0.3) is 0 Å². The lowest BCUT2D eigenvalue weighted by molar-refractivity contribution is 1.29. The zero-order valence-corrected chi connectivity index (χ0v) is 9.79. The summed E-state index contributed by atoms with van der Waals surface area (Å²) in [7, 11) is 0. The lowest BCUT2D eigenvalue weighted by atomic mass is 10.2. The largest absolute Gasteiger partial charge is 0.383 e. The molecule has 6 heteroatoms. The second-order valence-corrected chi connectivity index (χ2v) is 4.23. The summed E-state index contributed by atoms with van der Waals surface area (Å²) in [6, 6.07) is 7.46. The molecule has 0 amide bonds. The molecule has 0 aliphatic rings. The first kappa shape index (κ1) is 10.9. The molecule has 82 valence electrons. The minimum atomic E-state index is 0.487. The molecule has 0 fully saturated rings. The molecule has 0 aliphatic carbocycles. The molecule has 0 aliphatic heterocycles. The molecule has 0 unspecified atom stereocenters. The summed E-state index contributed by atoms with van der Waals surface area (Å²) in [5.74, 6) is 0.487. The summed E-state index contributed by atoms with van der Waals surface area (Å²) < 4.78 is 0. The van der Waals surface area contributed by atoms with E-state index < -0.39 is 0 Å². The van der Waals surface area contributed by atoms with Crippen LogP contribution in [0.4, 0.5) is 10.9 Å². The van der Waals surface area contributed by atoms with Crippen LogP contribution >= 0.6 is 22.9 Å². The maximum absolute atomic E-state index is 5.96. The standard InChI is InChI=1S/C10H9ClN4S/c11-8-4-2-1-3-7(8)5-13-15-10-14-9(12)6-16-10/h1-6H,12H2,(H,14,15). The number of hydrazone groups is 1. The van der Waals surface area contributed by atoms with Gasteiger partial charge >= 0.3 is 0 Å². The quantitative estimate of drug-likeness (QED) is 0.652. The first-order valence-corrected chi connectivity index (χ1v) is 5.76. The minimum Gasteiger partial charge on any atom is -0.383 e. The van der Waals surface area contributed by atoms with Gasteiger partial charge < -0.3 is 5.73 Å². The van der Waals surface area contributed by atoms with Crippen LogP contribution in [0.25, 0.3) is 0 Å². The Kier molecular flexibility index (Phi) is 3.38. The number of benzene rings is 1. The predicted molar refractivity (Wildman–Crippen MR) is 69.2 cm³/mol. The highest BCUT2D eigenvalue weighted by molar-refractivity contribution is 7.14. The van der Waals surface area contributed by atoms with Gasteiger partial charge in [0.05, 0.1) is 6.21 Å². The molecule has 1 aromatic heterocycles. The maximum Gasteiger partial charge on any atom is 0.205 e. The normalized spacial score (nSPS) is 10.8. The third-order valence-electron chi connectivity index (χ3n) is 1.79. The van der Waals surface area contributed by atoms with Crippen LogP contribution in [0.15, 0.2) is 34.7 Å². The molecule has 0 saturated heterocycles. The molecule has 16 heavy (non-hydrogen) atoms. The summed E-state index contributed by atoms with van der Waals surface area (Å²) in [6.45, 7) is 0. The predicted octanol–water partition coefficient (Wildman–Crippen LogP) is 2.82. The summed E-state index contributed by atoms with van der Waals surface area (Å²) in [5, 5.41) is 7.07. The lowest BCUT2D eigenvalue weighted by Gasteiger charge is -1.96. The number of anilines is 2. The lowest BCUT2D eigenvalue weighted by Crippen LogP contribution is -1.91. The first-order valence-electron chi connectivity index (χ1n) is 4.50. The average molecular weight is 253 g/mol. The van der Waals surface area contributed by atoms with E-state index >= 15 is 0 Å². The van der Waals surface area contributed by atoms with Crippen LogP contribution in [0.1, 0.15) is 5.56 Å². The molecule has 1 heterocycles. The number of nitrogen functional groups attached to an aromatic ring is 1. The molecule has 2 rings (SSSR count). The molecule has 4 nitrogen and oxygen atoms in total. The van der Waals surface area contributed by atoms with E-state index in [0.29, 0.717) is 16.0 Å². The number of hydrogen-bond donors (Lipinski definition) is 2. The molecule has 1 aromatic carbocycles. The number of nitrogens with one attached hydrogen (secondary N) is 1. The Bertz CT molecular complexity index is 509. The van der Waals surface area contributed by atoms with Crippen molar-refractivity contribution in [3.05, 3.63) is 40.2 Å². The van der Waals surface area contributed by atoms with Gasteiger partial charge in [-0.2, -0.15) is 5.10 Å². The summed E-state index contributed by atoms with van der Waals surface area (Å²) in [4.78, 5) is 4.00. The van der Waals surface area contributed by atoms with E-state index in [2.05, 4.69) is 15.5 Å². The van der Waals surface area contributed by atoms with Gasteiger partial charge in [0, 0.05) is 16.0 Å². The Hall–Kier alpha value is -1.59. The van der Waals surface area contributed by atoms with Crippen molar-refractivity contribution in [2.45, 2.75) is 0 Å². The number of hydrogen-bond acceptors (Lipinski definition) is 5. The van der Waals surface area contributed by atoms with Crippen molar-refractivity contribution in [2.75, 3.05) is 11.2 Å². The summed E-state index contributed by atoms with van der Waals surface area (Å²) in [6.07, 6.45) is 1.64. The zero-order chi connectivity index (χ0) is 11.4. The summed E-state index contributed by atoms with van der Waals surface area (Å²) >= 11 is 7.35. The van der Waals surface area contributed by atoms with E-state index in [1.165, 1.54) is 11.3 Å².